The zero-order valence-electron chi connectivity index (χ0n) is 10.3. The molecule has 17 heavy (non-hydrogen) atoms. The van der Waals surface area contributed by atoms with Crippen LogP contribution in [0, 0.1) is 0 Å². The van der Waals surface area contributed by atoms with E-state index in [1.165, 1.54) is 12.8 Å². The van der Waals surface area contributed by atoms with Crippen LogP contribution in [0.5, 0.6) is 0 Å². The fraction of sp³-hybridized carbons (Fsp3) is 0.615. The van der Waals surface area contributed by atoms with Gasteiger partial charge in [0.2, 0.25) is 0 Å². The average Bonchev–Trinajstić information content (AvgIpc) is 2.38. The molecule has 1 aliphatic rings. The molecule has 1 unspecified atom stereocenters. The van der Waals surface area contributed by atoms with E-state index in [-0.39, 0.29) is 0 Å². The smallest absolute Gasteiger partial charge is 0.128 e. The normalized spacial score (nSPS) is 20.2. The second kappa shape index (κ2) is 6.22. The molecule has 0 saturated carbocycles. The van der Waals surface area contributed by atoms with Gasteiger partial charge in [0.15, 0.2) is 0 Å². The summed E-state index contributed by atoms with van der Waals surface area (Å²) in [7, 11) is 0. The lowest BCUT2D eigenvalue weighted by molar-refractivity contribution is 0.429. The van der Waals surface area contributed by atoms with Gasteiger partial charge in [-0.15, -0.1) is 0 Å². The summed E-state index contributed by atoms with van der Waals surface area (Å²) in [6.07, 6.45) is 5.37. The number of aromatic nitrogens is 1. The first-order valence-electron chi connectivity index (χ1n) is 6.40. The molecule has 0 spiro atoms. The molecule has 2 rings (SSSR count). The number of anilines is 1. The van der Waals surface area contributed by atoms with Crippen molar-refractivity contribution in [1.29, 1.82) is 0 Å². The molecular formula is C13H20ClN3. The van der Waals surface area contributed by atoms with E-state index in [1.807, 2.05) is 12.1 Å². The molecule has 2 heterocycles. The Bertz CT molecular complexity index is 333. The van der Waals surface area contributed by atoms with E-state index >= 15 is 0 Å². The maximum Gasteiger partial charge on any atom is 0.128 e. The van der Waals surface area contributed by atoms with Crippen molar-refractivity contribution in [3.63, 3.8) is 0 Å². The number of pyridine rings is 1. The molecule has 1 N–H and O–H groups in total. The molecule has 1 fully saturated rings. The van der Waals surface area contributed by atoms with Crippen LogP contribution in [0.15, 0.2) is 18.3 Å². The standard InChI is InChI=1S/C13H20ClN3/c1-2-8-17(12-4-3-7-15-10-12)13-6-5-11(14)9-16-13/h5-6,9,12,15H,2-4,7-8,10H2,1H3. The van der Waals surface area contributed by atoms with Crippen LogP contribution in [0.25, 0.3) is 0 Å². The Morgan fingerprint density at radius 1 is 1.53 bits per heavy atom. The lowest BCUT2D eigenvalue weighted by Gasteiger charge is -2.35. The minimum atomic E-state index is 0.567. The first-order chi connectivity index (χ1) is 8.31. The minimum Gasteiger partial charge on any atom is -0.352 e. The van der Waals surface area contributed by atoms with Crippen LogP contribution in [-0.4, -0.2) is 30.7 Å². The van der Waals surface area contributed by atoms with E-state index in [1.54, 1.807) is 6.20 Å². The molecule has 0 aromatic carbocycles. The van der Waals surface area contributed by atoms with Crippen molar-refractivity contribution in [2.45, 2.75) is 32.2 Å². The number of piperidine rings is 1. The van der Waals surface area contributed by atoms with Gasteiger partial charge in [-0.2, -0.15) is 0 Å². The summed E-state index contributed by atoms with van der Waals surface area (Å²) < 4.78 is 0. The van der Waals surface area contributed by atoms with Gasteiger partial charge < -0.3 is 10.2 Å². The van der Waals surface area contributed by atoms with Crippen molar-refractivity contribution in [3.05, 3.63) is 23.4 Å². The highest BCUT2D eigenvalue weighted by Gasteiger charge is 2.21. The molecule has 1 atom stereocenters. The number of hydrogen-bond acceptors (Lipinski definition) is 3. The summed E-state index contributed by atoms with van der Waals surface area (Å²) in [5.74, 6) is 1.05. The van der Waals surface area contributed by atoms with Crippen LogP contribution < -0.4 is 10.2 Å². The fourth-order valence-electron chi connectivity index (χ4n) is 2.36. The third kappa shape index (κ3) is 3.33. The maximum absolute atomic E-state index is 5.89. The van der Waals surface area contributed by atoms with Crippen molar-refractivity contribution in [2.24, 2.45) is 0 Å². The highest BCUT2D eigenvalue weighted by atomic mass is 35.5. The first kappa shape index (κ1) is 12.7. The third-order valence-electron chi connectivity index (χ3n) is 3.18. The highest BCUT2D eigenvalue weighted by molar-refractivity contribution is 6.30. The Hall–Kier alpha value is -0.800. The van der Waals surface area contributed by atoms with Crippen molar-refractivity contribution in [1.82, 2.24) is 10.3 Å². The number of nitrogens with one attached hydrogen (secondary N) is 1. The molecule has 4 heteroatoms. The monoisotopic (exact) mass is 253 g/mol. The molecule has 0 aliphatic carbocycles. The maximum atomic E-state index is 5.89. The van der Waals surface area contributed by atoms with Gasteiger partial charge in [0.25, 0.3) is 0 Å². The summed E-state index contributed by atoms with van der Waals surface area (Å²) in [6.45, 7) is 5.47. The molecule has 1 aromatic rings. The van der Waals surface area contributed by atoms with E-state index in [9.17, 15) is 0 Å². The lowest BCUT2D eigenvalue weighted by Crippen LogP contribution is -2.46. The van der Waals surface area contributed by atoms with E-state index in [0.29, 0.717) is 11.1 Å². The van der Waals surface area contributed by atoms with Crippen molar-refractivity contribution in [2.75, 3.05) is 24.5 Å². The van der Waals surface area contributed by atoms with Crippen LogP contribution in [0.4, 0.5) is 5.82 Å². The first-order valence-corrected chi connectivity index (χ1v) is 6.78. The molecule has 0 bridgehead atoms. The number of halogens is 1. The summed E-state index contributed by atoms with van der Waals surface area (Å²) in [5, 5.41) is 4.16. The van der Waals surface area contributed by atoms with E-state index in [2.05, 4.69) is 22.1 Å². The predicted molar refractivity (Wildman–Crippen MR) is 72.8 cm³/mol. The molecule has 1 saturated heterocycles. The van der Waals surface area contributed by atoms with Crippen LogP contribution in [0.3, 0.4) is 0 Å². The van der Waals surface area contributed by atoms with Crippen LogP contribution in [-0.2, 0) is 0 Å². The van der Waals surface area contributed by atoms with E-state index in [4.69, 9.17) is 11.6 Å². The molecule has 94 valence electrons. The average molecular weight is 254 g/mol. The highest BCUT2D eigenvalue weighted by Crippen LogP contribution is 2.20. The topological polar surface area (TPSA) is 28.2 Å². The number of rotatable bonds is 4. The quantitative estimate of drug-likeness (QED) is 0.894. The largest absolute Gasteiger partial charge is 0.352 e. The summed E-state index contributed by atoms with van der Waals surface area (Å²) in [5.41, 5.74) is 0. The van der Waals surface area contributed by atoms with Crippen LogP contribution >= 0.6 is 11.6 Å². The van der Waals surface area contributed by atoms with Crippen molar-refractivity contribution in [3.8, 4) is 0 Å². The molecule has 1 aliphatic heterocycles. The van der Waals surface area contributed by atoms with E-state index < -0.39 is 0 Å². The lowest BCUT2D eigenvalue weighted by atomic mass is 10.1. The summed E-state index contributed by atoms with van der Waals surface area (Å²) in [6, 6.07) is 4.51. The Balaban J connectivity index is 2.12. The zero-order chi connectivity index (χ0) is 12.1. The van der Waals surface area contributed by atoms with Crippen molar-refractivity contribution < 1.29 is 0 Å². The predicted octanol–water partition coefficient (Wildman–Crippen LogP) is 2.70. The molecule has 1 aromatic heterocycles. The fourth-order valence-corrected chi connectivity index (χ4v) is 2.47. The summed E-state index contributed by atoms with van der Waals surface area (Å²) in [4.78, 5) is 6.84. The van der Waals surface area contributed by atoms with Gasteiger partial charge in [0, 0.05) is 25.3 Å². The molecule has 3 nitrogen and oxygen atoms in total. The summed E-state index contributed by atoms with van der Waals surface area (Å²) >= 11 is 5.89. The Morgan fingerprint density at radius 2 is 2.41 bits per heavy atom. The Kier molecular flexibility index (Phi) is 4.63. The van der Waals surface area contributed by atoms with Gasteiger partial charge in [-0.1, -0.05) is 18.5 Å². The minimum absolute atomic E-state index is 0.567. The SMILES string of the molecule is CCCN(c1ccc(Cl)cn1)C1CCCNC1. The van der Waals surface area contributed by atoms with Crippen LogP contribution in [0.2, 0.25) is 5.02 Å². The molecule has 0 amide bonds. The zero-order valence-corrected chi connectivity index (χ0v) is 11.1. The second-order valence-corrected chi connectivity index (χ2v) is 4.96. The molecular weight excluding hydrogens is 234 g/mol. The van der Waals surface area contributed by atoms with E-state index in [0.717, 1.165) is 31.9 Å². The Morgan fingerprint density at radius 3 is 3.00 bits per heavy atom. The van der Waals surface area contributed by atoms with Gasteiger partial charge >= 0.3 is 0 Å². The van der Waals surface area contributed by atoms with Crippen molar-refractivity contribution >= 4 is 17.4 Å². The van der Waals surface area contributed by atoms with Gasteiger partial charge in [0.05, 0.1) is 5.02 Å². The molecule has 0 radical (unpaired) electrons. The Labute approximate surface area is 108 Å². The van der Waals surface area contributed by atoms with Gasteiger partial charge in [-0.3, -0.25) is 0 Å². The van der Waals surface area contributed by atoms with Crippen LogP contribution in [0.1, 0.15) is 26.2 Å². The van der Waals surface area contributed by atoms with Gasteiger partial charge in [0.1, 0.15) is 5.82 Å². The number of nitrogens with zero attached hydrogens (tertiary/aromatic N) is 2. The van der Waals surface area contributed by atoms with Gasteiger partial charge in [-0.05, 0) is 37.9 Å². The number of hydrogen-bond donors (Lipinski definition) is 1. The third-order valence-corrected chi connectivity index (χ3v) is 3.41. The van der Waals surface area contributed by atoms with Gasteiger partial charge in [-0.25, -0.2) is 4.98 Å². The second-order valence-electron chi connectivity index (χ2n) is 4.53.